The summed E-state index contributed by atoms with van der Waals surface area (Å²) in [4.78, 5) is 6.42. The Morgan fingerprint density at radius 3 is 2.48 bits per heavy atom. The maximum absolute atomic E-state index is 5.40. The summed E-state index contributed by atoms with van der Waals surface area (Å²) < 4.78 is 10.7. The molecule has 0 aromatic heterocycles. The largest absolute Gasteiger partial charge is 0.493 e. The quantitative estimate of drug-likeness (QED) is 0.730. The highest BCUT2D eigenvalue weighted by Gasteiger charge is 2.45. The highest BCUT2D eigenvalue weighted by Crippen LogP contribution is 2.41. The number of nitrogens with zero attached hydrogens (tertiary/aromatic N) is 1. The topological polar surface area (TPSA) is 35.3 Å². The lowest BCUT2D eigenvalue weighted by atomic mass is 9.63. The summed E-state index contributed by atoms with van der Waals surface area (Å²) in [5, 5.41) is 0. The van der Waals surface area contributed by atoms with E-state index in [1.165, 1.54) is 18.5 Å². The molecule has 3 rings (SSSR count). The van der Waals surface area contributed by atoms with Crippen LogP contribution in [0.4, 0.5) is 0 Å². The van der Waals surface area contributed by atoms with Crippen LogP contribution in [0.1, 0.15) is 37.8 Å². The highest BCUT2D eigenvalue weighted by molar-refractivity contribution is 5.80. The van der Waals surface area contributed by atoms with E-state index < -0.39 is 0 Å². The summed E-state index contributed by atoms with van der Waals surface area (Å²) in [5.41, 5.74) is 2.69. The molecule has 29 heavy (non-hydrogen) atoms. The van der Waals surface area contributed by atoms with Crippen LogP contribution in [0, 0.1) is 5.92 Å². The van der Waals surface area contributed by atoms with E-state index in [0.29, 0.717) is 12.0 Å². The van der Waals surface area contributed by atoms with Crippen LogP contribution in [0.2, 0.25) is 0 Å². The van der Waals surface area contributed by atoms with Gasteiger partial charge in [0.25, 0.3) is 0 Å². The second kappa shape index (κ2) is 9.45. The Morgan fingerprint density at radius 2 is 1.79 bits per heavy atom. The molecule has 0 spiro atoms. The predicted octanol–water partition coefficient (Wildman–Crippen LogP) is 3.39. The van der Waals surface area contributed by atoms with E-state index >= 15 is 0 Å². The lowest BCUT2D eigenvalue weighted by Crippen LogP contribution is -3.15. The van der Waals surface area contributed by atoms with Crippen molar-refractivity contribution >= 4 is 6.21 Å². The van der Waals surface area contributed by atoms with Gasteiger partial charge in [-0.2, -0.15) is 0 Å². The fraction of sp³-hybridized carbons (Fsp3) is 0.480. The van der Waals surface area contributed by atoms with Gasteiger partial charge in [-0.1, -0.05) is 37.3 Å². The molecule has 1 fully saturated rings. The number of hydrogen-bond acceptors (Lipinski definition) is 3. The van der Waals surface area contributed by atoms with E-state index in [2.05, 4.69) is 51.2 Å². The van der Waals surface area contributed by atoms with E-state index in [4.69, 9.17) is 14.5 Å². The molecule has 1 heterocycles. The van der Waals surface area contributed by atoms with Gasteiger partial charge in [-0.3, -0.25) is 4.99 Å². The van der Waals surface area contributed by atoms with Crippen LogP contribution >= 0.6 is 0 Å². The van der Waals surface area contributed by atoms with Crippen molar-refractivity contribution in [2.24, 2.45) is 10.9 Å². The molecule has 4 nitrogen and oxygen atoms in total. The molecule has 156 valence electrons. The van der Waals surface area contributed by atoms with E-state index in [-0.39, 0.29) is 5.41 Å². The lowest BCUT2D eigenvalue weighted by molar-refractivity contribution is -0.915. The summed E-state index contributed by atoms with van der Waals surface area (Å²) in [6.07, 6.45) is 4.23. The average Bonchev–Trinajstić information content (AvgIpc) is 2.75. The molecule has 1 aliphatic heterocycles. The number of piperidine rings is 1. The Labute approximate surface area is 175 Å². The number of likely N-dealkylation sites (tertiary alicyclic amines) is 1. The van der Waals surface area contributed by atoms with Crippen LogP contribution in [0.15, 0.2) is 53.5 Å². The van der Waals surface area contributed by atoms with Gasteiger partial charge in [-0.25, -0.2) is 0 Å². The molecule has 4 atom stereocenters. The first-order valence-electron chi connectivity index (χ1n) is 10.6. The smallest absolute Gasteiger partial charge is 0.161 e. The number of hydrogen-bond donors (Lipinski definition) is 1. The molecule has 2 aromatic carbocycles. The molecule has 0 aliphatic carbocycles. The van der Waals surface area contributed by atoms with Gasteiger partial charge in [0.2, 0.25) is 0 Å². The van der Waals surface area contributed by atoms with Crippen LogP contribution < -0.4 is 14.4 Å². The predicted molar refractivity (Wildman–Crippen MR) is 120 cm³/mol. The molecular weight excluding hydrogens is 360 g/mol. The van der Waals surface area contributed by atoms with Gasteiger partial charge < -0.3 is 14.4 Å². The molecule has 4 heteroatoms. The van der Waals surface area contributed by atoms with Crippen molar-refractivity contribution in [3.63, 3.8) is 0 Å². The van der Waals surface area contributed by atoms with Crippen LogP contribution in [0.5, 0.6) is 11.5 Å². The molecule has 0 amide bonds. The van der Waals surface area contributed by atoms with Crippen LogP contribution in [0.25, 0.3) is 0 Å². The molecule has 1 N–H and O–H groups in total. The van der Waals surface area contributed by atoms with Crippen molar-refractivity contribution in [2.75, 3.05) is 34.4 Å². The van der Waals surface area contributed by atoms with E-state index in [1.807, 2.05) is 24.4 Å². The van der Waals surface area contributed by atoms with Gasteiger partial charge in [0.15, 0.2) is 11.5 Å². The summed E-state index contributed by atoms with van der Waals surface area (Å²) in [5.74, 6) is 2.10. The van der Waals surface area contributed by atoms with E-state index in [0.717, 1.165) is 30.0 Å². The maximum Gasteiger partial charge on any atom is 0.161 e. The summed E-state index contributed by atoms with van der Waals surface area (Å²) in [6, 6.07) is 17.6. The molecular formula is C25H35N2O2+. The molecule has 0 radical (unpaired) electrons. The van der Waals surface area contributed by atoms with Crippen molar-refractivity contribution in [3.05, 3.63) is 59.7 Å². The van der Waals surface area contributed by atoms with Gasteiger partial charge in [-0.05, 0) is 42.7 Å². The first-order chi connectivity index (χ1) is 14.0. The number of benzene rings is 2. The Morgan fingerprint density at radius 1 is 1.07 bits per heavy atom. The number of quaternary nitrogens is 1. The number of ether oxygens (including phenoxy) is 2. The zero-order chi connectivity index (χ0) is 20.9. The van der Waals surface area contributed by atoms with Crippen molar-refractivity contribution in [3.8, 4) is 11.5 Å². The normalized spacial score (nSPS) is 27.1. The third-order valence-corrected chi connectivity index (χ3v) is 6.77. The lowest BCUT2D eigenvalue weighted by Gasteiger charge is -2.47. The second-order valence-corrected chi connectivity index (χ2v) is 8.48. The first kappa shape index (κ1) is 21.4. The third-order valence-electron chi connectivity index (χ3n) is 6.77. The van der Waals surface area contributed by atoms with Crippen molar-refractivity contribution in [2.45, 2.75) is 38.1 Å². The van der Waals surface area contributed by atoms with E-state index in [9.17, 15) is 0 Å². The minimum atomic E-state index is 0.190. The van der Waals surface area contributed by atoms with Gasteiger partial charge in [0, 0.05) is 30.5 Å². The fourth-order valence-electron chi connectivity index (χ4n) is 4.83. The van der Waals surface area contributed by atoms with Crippen molar-refractivity contribution in [1.82, 2.24) is 0 Å². The average molecular weight is 396 g/mol. The Balaban J connectivity index is 1.77. The fourth-order valence-corrected chi connectivity index (χ4v) is 4.83. The standard InChI is InChI=1S/C25H34N2O2/c1-19-18-27(3)20(2)16-25(19,22-9-7-6-8-10-22)13-14-26-17-21-11-12-23(28-4)24(15-21)29-5/h6-12,15,17,19-20H,13-14,16,18H2,1-5H3/p+1/t19-,20+,25-/m1/s1. The second-order valence-electron chi connectivity index (χ2n) is 8.48. The number of rotatable bonds is 7. The minimum absolute atomic E-state index is 0.190. The number of methoxy groups -OCH3 is 2. The highest BCUT2D eigenvalue weighted by atomic mass is 16.5. The van der Waals surface area contributed by atoms with Crippen molar-refractivity contribution < 1.29 is 14.4 Å². The molecule has 2 aromatic rings. The van der Waals surface area contributed by atoms with Gasteiger partial charge >= 0.3 is 0 Å². The SMILES string of the molecule is COc1ccc(C=NCC[C@@]2(c3ccccc3)C[C@H](C)[NH+](C)C[C@H]2C)cc1OC. The molecule has 0 bridgehead atoms. The van der Waals surface area contributed by atoms with Crippen LogP contribution in [0.3, 0.4) is 0 Å². The van der Waals surface area contributed by atoms with E-state index in [1.54, 1.807) is 19.1 Å². The van der Waals surface area contributed by atoms with Gasteiger partial charge in [0.1, 0.15) is 0 Å². The molecule has 0 saturated carbocycles. The van der Waals surface area contributed by atoms with Crippen molar-refractivity contribution in [1.29, 1.82) is 0 Å². The van der Waals surface area contributed by atoms with Gasteiger partial charge in [-0.15, -0.1) is 0 Å². The molecule has 1 aliphatic rings. The summed E-state index contributed by atoms with van der Waals surface area (Å²) in [6.45, 7) is 6.82. The molecule has 1 saturated heterocycles. The van der Waals surface area contributed by atoms with Crippen LogP contribution in [-0.4, -0.2) is 46.6 Å². The van der Waals surface area contributed by atoms with Gasteiger partial charge in [0.05, 0.1) is 33.9 Å². The summed E-state index contributed by atoms with van der Waals surface area (Å²) in [7, 11) is 5.64. The zero-order valence-electron chi connectivity index (χ0n) is 18.4. The zero-order valence-corrected chi connectivity index (χ0v) is 18.4. The first-order valence-corrected chi connectivity index (χ1v) is 10.6. The third kappa shape index (κ3) is 4.64. The maximum atomic E-state index is 5.40. The Hall–Kier alpha value is -2.33. The summed E-state index contributed by atoms with van der Waals surface area (Å²) >= 11 is 0. The number of nitrogens with one attached hydrogen (secondary N) is 1. The van der Waals surface area contributed by atoms with Crippen LogP contribution in [-0.2, 0) is 5.41 Å². The Bertz CT molecular complexity index is 821. The molecule has 1 unspecified atom stereocenters. The Kier molecular flexibility index (Phi) is 6.96. The number of aliphatic imine (C=N–C) groups is 1. The minimum Gasteiger partial charge on any atom is -0.493 e. The monoisotopic (exact) mass is 395 g/mol.